The van der Waals surface area contributed by atoms with Gasteiger partial charge in [-0.2, -0.15) is 0 Å². The fraction of sp³-hybridized carbons (Fsp3) is 0.379. The van der Waals surface area contributed by atoms with Crippen molar-refractivity contribution < 1.29 is 4.74 Å². The Labute approximate surface area is 196 Å². The number of hydrogen-bond acceptors (Lipinski definition) is 1. The molecule has 1 aliphatic rings. The minimum absolute atomic E-state index is 0.254. The molecule has 0 heterocycles. The molecule has 0 atom stereocenters. The molecule has 1 nitrogen and oxygen atoms in total. The quantitative estimate of drug-likeness (QED) is 0.383. The number of fused-ring (bicyclic) bond motifs is 3. The third kappa shape index (κ3) is 3.41. The SMILES string of the molecule is COc1c([Si](C)(C)C2c3ccccc3-c3ccccc32)cc(C)cc1[Si](C)(C)C(C)(C)C. The highest BCUT2D eigenvalue weighted by Crippen LogP contribution is 2.49. The van der Waals surface area contributed by atoms with Crippen molar-refractivity contribution in [1.29, 1.82) is 0 Å². The van der Waals surface area contributed by atoms with Gasteiger partial charge in [0.2, 0.25) is 0 Å². The lowest BCUT2D eigenvalue weighted by atomic mass is 10.1. The average molecular weight is 459 g/mol. The van der Waals surface area contributed by atoms with Gasteiger partial charge in [-0.05, 0) is 44.6 Å². The van der Waals surface area contributed by atoms with Crippen LogP contribution in [-0.2, 0) is 0 Å². The van der Waals surface area contributed by atoms with Crippen molar-refractivity contribution in [2.75, 3.05) is 7.11 Å². The molecule has 0 unspecified atom stereocenters. The third-order valence-electron chi connectivity index (χ3n) is 8.24. The van der Waals surface area contributed by atoms with Crippen LogP contribution in [0.15, 0.2) is 60.7 Å². The van der Waals surface area contributed by atoms with E-state index in [2.05, 4.69) is 115 Å². The molecule has 168 valence electrons. The molecule has 3 aromatic carbocycles. The fourth-order valence-electron chi connectivity index (χ4n) is 5.43. The van der Waals surface area contributed by atoms with Crippen LogP contribution in [0, 0.1) is 6.92 Å². The first-order chi connectivity index (χ1) is 14.9. The zero-order valence-electron chi connectivity index (χ0n) is 21.3. The van der Waals surface area contributed by atoms with Gasteiger partial charge < -0.3 is 4.74 Å². The molecule has 3 heteroatoms. The Balaban J connectivity index is 1.99. The summed E-state index contributed by atoms with van der Waals surface area (Å²) in [4.78, 5) is 0. The molecule has 0 N–H and O–H groups in total. The maximum atomic E-state index is 6.30. The summed E-state index contributed by atoms with van der Waals surface area (Å²) in [6.07, 6.45) is 0. The molecule has 0 saturated heterocycles. The summed E-state index contributed by atoms with van der Waals surface area (Å²) >= 11 is 0. The van der Waals surface area contributed by atoms with Crippen LogP contribution in [0.3, 0.4) is 0 Å². The lowest BCUT2D eigenvalue weighted by Gasteiger charge is -2.41. The Morgan fingerprint density at radius 1 is 0.750 bits per heavy atom. The Morgan fingerprint density at radius 3 is 1.69 bits per heavy atom. The van der Waals surface area contributed by atoms with Crippen molar-refractivity contribution in [3.05, 3.63) is 77.4 Å². The van der Waals surface area contributed by atoms with Gasteiger partial charge >= 0.3 is 0 Å². The highest BCUT2D eigenvalue weighted by Gasteiger charge is 2.46. The third-order valence-corrected chi connectivity index (χ3v) is 17.5. The normalized spacial score (nSPS) is 14.3. The van der Waals surface area contributed by atoms with Crippen LogP contribution in [0.5, 0.6) is 5.75 Å². The van der Waals surface area contributed by atoms with Crippen LogP contribution < -0.4 is 15.1 Å². The van der Waals surface area contributed by atoms with Crippen molar-refractivity contribution in [1.82, 2.24) is 0 Å². The van der Waals surface area contributed by atoms with E-state index >= 15 is 0 Å². The van der Waals surface area contributed by atoms with E-state index in [1.54, 1.807) is 0 Å². The van der Waals surface area contributed by atoms with Gasteiger partial charge in [-0.25, -0.2) is 0 Å². The highest BCUT2D eigenvalue weighted by atomic mass is 28.3. The Morgan fingerprint density at radius 2 is 1.22 bits per heavy atom. The lowest BCUT2D eigenvalue weighted by Crippen LogP contribution is -2.55. The number of benzene rings is 3. The standard InChI is InChI=1S/C29H38OSi2/c1-20-18-25(27(30-5)26(19-20)32(8,9)29(2,3)4)31(6,7)28-23-16-12-10-14-21(23)22-15-11-13-17-24(22)28/h10-19,28H,1-9H3. The van der Waals surface area contributed by atoms with Crippen LogP contribution in [-0.4, -0.2) is 23.3 Å². The first-order valence-corrected chi connectivity index (χ1v) is 17.9. The van der Waals surface area contributed by atoms with Gasteiger partial charge in [0.1, 0.15) is 5.75 Å². The smallest absolute Gasteiger partial charge is 0.117 e. The highest BCUT2D eigenvalue weighted by molar-refractivity contribution is 6.95. The number of rotatable bonds is 4. The van der Waals surface area contributed by atoms with Crippen molar-refractivity contribution in [3.63, 3.8) is 0 Å². The fourth-order valence-corrected chi connectivity index (χ4v) is 11.5. The molecular weight excluding hydrogens is 420 g/mol. The second-order valence-corrected chi connectivity index (χ2v) is 21.4. The predicted molar refractivity (Wildman–Crippen MR) is 145 cm³/mol. The van der Waals surface area contributed by atoms with E-state index in [9.17, 15) is 0 Å². The Bertz CT molecular complexity index is 1120. The summed E-state index contributed by atoms with van der Waals surface area (Å²) in [7, 11) is -1.91. The summed E-state index contributed by atoms with van der Waals surface area (Å²) < 4.78 is 6.30. The molecule has 0 saturated carbocycles. The molecular formula is C29H38OSi2. The minimum atomic E-state index is -2.02. The molecule has 0 radical (unpaired) electrons. The lowest BCUT2D eigenvalue weighted by molar-refractivity contribution is 0.420. The van der Waals surface area contributed by atoms with Gasteiger partial charge in [0.15, 0.2) is 0 Å². The summed E-state index contributed by atoms with van der Waals surface area (Å²) in [5.41, 5.74) is 7.58. The summed E-state index contributed by atoms with van der Waals surface area (Å²) in [6, 6.07) is 22.9. The van der Waals surface area contributed by atoms with Crippen LogP contribution in [0.25, 0.3) is 11.1 Å². The van der Waals surface area contributed by atoms with E-state index in [1.165, 1.54) is 43.9 Å². The first kappa shape index (κ1) is 23.1. The summed E-state index contributed by atoms with van der Waals surface area (Å²) in [5.74, 6) is 1.17. The van der Waals surface area contributed by atoms with Crippen LogP contribution in [0.1, 0.15) is 43.0 Å². The first-order valence-electron chi connectivity index (χ1n) is 11.8. The summed E-state index contributed by atoms with van der Waals surface area (Å²) in [6.45, 7) is 19.5. The monoisotopic (exact) mass is 458 g/mol. The molecule has 1 aliphatic carbocycles. The van der Waals surface area contributed by atoms with E-state index in [-0.39, 0.29) is 5.04 Å². The zero-order chi connectivity index (χ0) is 23.5. The van der Waals surface area contributed by atoms with E-state index in [0.29, 0.717) is 5.54 Å². The second kappa shape index (κ2) is 7.74. The average Bonchev–Trinajstić information content (AvgIpc) is 3.07. The van der Waals surface area contributed by atoms with Gasteiger partial charge in [0, 0.05) is 5.54 Å². The summed E-state index contributed by atoms with van der Waals surface area (Å²) in [5, 5.41) is 3.20. The van der Waals surface area contributed by atoms with Crippen LogP contribution >= 0.6 is 0 Å². The van der Waals surface area contributed by atoms with Crippen LogP contribution in [0.4, 0.5) is 0 Å². The molecule has 3 aromatic rings. The van der Waals surface area contributed by atoms with E-state index in [1.807, 2.05) is 7.11 Å². The van der Waals surface area contributed by atoms with Gasteiger partial charge in [0.25, 0.3) is 0 Å². The van der Waals surface area contributed by atoms with Gasteiger partial charge in [0.05, 0.1) is 23.3 Å². The molecule has 0 aromatic heterocycles. The van der Waals surface area contributed by atoms with E-state index in [4.69, 9.17) is 4.74 Å². The minimum Gasteiger partial charge on any atom is -0.497 e. The number of hydrogen-bond donors (Lipinski definition) is 0. The number of methoxy groups -OCH3 is 1. The maximum absolute atomic E-state index is 6.30. The topological polar surface area (TPSA) is 9.23 Å². The van der Waals surface area contributed by atoms with Crippen molar-refractivity contribution in [2.45, 2.75) is 64.5 Å². The second-order valence-electron chi connectivity index (χ2n) is 11.6. The van der Waals surface area contributed by atoms with Gasteiger partial charge in [-0.3, -0.25) is 0 Å². The van der Waals surface area contributed by atoms with Gasteiger partial charge in [-0.15, -0.1) is 0 Å². The zero-order valence-corrected chi connectivity index (χ0v) is 23.3. The van der Waals surface area contributed by atoms with E-state index < -0.39 is 16.1 Å². The Kier molecular flexibility index (Phi) is 5.58. The van der Waals surface area contributed by atoms with E-state index in [0.717, 1.165) is 0 Å². The molecule has 0 aliphatic heterocycles. The maximum Gasteiger partial charge on any atom is 0.117 e. The number of ether oxygens (including phenoxy) is 1. The molecule has 32 heavy (non-hydrogen) atoms. The van der Waals surface area contributed by atoms with Gasteiger partial charge in [-0.1, -0.05) is 113 Å². The molecule has 0 amide bonds. The van der Waals surface area contributed by atoms with Crippen molar-refractivity contribution >= 4 is 26.5 Å². The number of aryl methyl sites for hydroxylation is 1. The van der Waals surface area contributed by atoms with Crippen molar-refractivity contribution in [3.8, 4) is 16.9 Å². The molecule has 0 spiro atoms. The van der Waals surface area contributed by atoms with Crippen molar-refractivity contribution in [2.24, 2.45) is 0 Å². The van der Waals surface area contributed by atoms with Crippen LogP contribution in [0.2, 0.25) is 31.2 Å². The largest absolute Gasteiger partial charge is 0.497 e. The molecule has 4 rings (SSSR count). The Hall–Kier alpha value is -2.11. The molecule has 0 fully saturated rings. The molecule has 0 bridgehead atoms. The predicted octanol–water partition coefficient (Wildman–Crippen LogP) is 6.99.